The van der Waals surface area contributed by atoms with Gasteiger partial charge < -0.3 is 15.5 Å². The average molecular weight is 384 g/mol. The first-order chi connectivity index (χ1) is 13.3. The molecule has 0 aliphatic carbocycles. The molecule has 1 amide bonds. The topological polar surface area (TPSA) is 70.2 Å². The van der Waals surface area contributed by atoms with Crippen molar-refractivity contribution in [1.29, 1.82) is 0 Å². The summed E-state index contributed by atoms with van der Waals surface area (Å²) in [4.78, 5) is 23.6. The molecule has 1 aromatic carbocycles. The van der Waals surface area contributed by atoms with Gasteiger partial charge in [0.05, 0.1) is 0 Å². The smallest absolute Gasteiger partial charge is 0.270 e. The van der Waals surface area contributed by atoms with Crippen molar-refractivity contribution in [3.05, 3.63) is 41.2 Å². The molecule has 0 saturated heterocycles. The molecule has 1 heterocycles. The molecule has 0 spiro atoms. The van der Waals surface area contributed by atoms with Gasteiger partial charge in [-0.05, 0) is 69.9 Å². The number of hydrogen-bond donors (Lipinski definition) is 2. The molecule has 0 radical (unpaired) electrons. The minimum Gasteiger partial charge on any atom is -0.372 e. The lowest BCUT2D eigenvalue weighted by Gasteiger charge is -2.22. The van der Waals surface area contributed by atoms with Crippen molar-refractivity contribution in [2.45, 2.75) is 48.0 Å². The van der Waals surface area contributed by atoms with Gasteiger partial charge in [-0.1, -0.05) is 13.8 Å². The Labute approximate surface area is 168 Å². The molecule has 0 unspecified atom stereocenters. The molecule has 0 atom stereocenters. The largest absolute Gasteiger partial charge is 0.372 e. The van der Waals surface area contributed by atoms with Crippen molar-refractivity contribution in [3.63, 3.8) is 0 Å². The number of aromatic nitrogens is 2. The Morgan fingerprint density at radius 2 is 1.82 bits per heavy atom. The number of aryl methyl sites for hydroxylation is 2. The van der Waals surface area contributed by atoms with Crippen molar-refractivity contribution < 1.29 is 4.79 Å². The normalized spacial score (nSPS) is 10.8. The van der Waals surface area contributed by atoms with E-state index in [9.17, 15) is 4.79 Å². The van der Waals surface area contributed by atoms with Gasteiger partial charge in [0.25, 0.3) is 5.91 Å². The third-order valence-corrected chi connectivity index (χ3v) is 4.68. The summed E-state index contributed by atoms with van der Waals surface area (Å²) < 4.78 is 0. The molecule has 0 aliphatic rings. The van der Waals surface area contributed by atoms with Crippen LogP contribution in [0, 0.1) is 19.8 Å². The Kier molecular flexibility index (Phi) is 7.79. The molecule has 28 heavy (non-hydrogen) atoms. The molecular weight excluding hydrogens is 350 g/mol. The van der Waals surface area contributed by atoms with E-state index in [0.29, 0.717) is 24.1 Å². The van der Waals surface area contributed by atoms with Gasteiger partial charge >= 0.3 is 0 Å². The molecule has 0 aliphatic heterocycles. The van der Waals surface area contributed by atoms with Crippen LogP contribution in [0.25, 0.3) is 0 Å². The molecule has 2 rings (SSSR count). The van der Waals surface area contributed by atoms with E-state index in [1.807, 2.05) is 13.0 Å². The predicted octanol–water partition coefficient (Wildman–Crippen LogP) is 4.46. The van der Waals surface area contributed by atoms with Crippen LogP contribution in [-0.2, 0) is 0 Å². The minimum absolute atomic E-state index is 0.164. The average Bonchev–Trinajstić information content (AvgIpc) is 2.64. The Bertz CT molecular complexity index is 800. The maximum Gasteiger partial charge on any atom is 0.270 e. The van der Waals surface area contributed by atoms with Gasteiger partial charge in [-0.15, -0.1) is 0 Å². The highest BCUT2D eigenvalue weighted by Crippen LogP contribution is 2.24. The second-order valence-electron chi connectivity index (χ2n) is 7.45. The Morgan fingerprint density at radius 1 is 1.11 bits per heavy atom. The van der Waals surface area contributed by atoms with Crippen LogP contribution in [0.15, 0.2) is 24.3 Å². The second-order valence-corrected chi connectivity index (χ2v) is 7.45. The van der Waals surface area contributed by atoms with Gasteiger partial charge in [-0.3, -0.25) is 4.79 Å². The van der Waals surface area contributed by atoms with Crippen LogP contribution in [0.4, 0.5) is 17.3 Å². The third kappa shape index (κ3) is 5.94. The number of amides is 1. The maximum absolute atomic E-state index is 12.4. The fourth-order valence-corrected chi connectivity index (χ4v) is 3.00. The standard InChI is InChI=1S/C22H33N5O/c1-7-27(8-2)18-9-10-19(16(5)13-18)25-22-24-17(6)14-20(26-22)21(28)23-12-11-15(3)4/h9-10,13-15H,7-8,11-12H2,1-6H3,(H,23,28)(H,24,25,26). The van der Waals surface area contributed by atoms with E-state index in [2.05, 4.69) is 72.3 Å². The lowest BCUT2D eigenvalue weighted by Crippen LogP contribution is -2.26. The van der Waals surface area contributed by atoms with E-state index in [0.717, 1.165) is 36.5 Å². The molecule has 6 heteroatoms. The van der Waals surface area contributed by atoms with Crippen LogP contribution >= 0.6 is 0 Å². The Balaban J connectivity index is 2.16. The number of nitrogens with one attached hydrogen (secondary N) is 2. The van der Waals surface area contributed by atoms with E-state index in [4.69, 9.17) is 0 Å². The molecule has 0 bridgehead atoms. The number of rotatable bonds is 9. The van der Waals surface area contributed by atoms with Crippen LogP contribution in [0.3, 0.4) is 0 Å². The molecule has 0 fully saturated rings. The maximum atomic E-state index is 12.4. The summed E-state index contributed by atoms with van der Waals surface area (Å²) in [6, 6.07) is 8.01. The highest BCUT2D eigenvalue weighted by Gasteiger charge is 2.12. The summed E-state index contributed by atoms with van der Waals surface area (Å²) in [7, 11) is 0. The zero-order valence-electron chi connectivity index (χ0n) is 18.0. The van der Waals surface area contributed by atoms with Gasteiger partial charge in [0, 0.05) is 36.7 Å². The summed E-state index contributed by atoms with van der Waals surface area (Å²) in [5.41, 5.74) is 4.38. The number of benzene rings is 1. The van der Waals surface area contributed by atoms with Gasteiger partial charge in [0.2, 0.25) is 5.95 Å². The zero-order chi connectivity index (χ0) is 20.7. The first-order valence-corrected chi connectivity index (χ1v) is 10.1. The van der Waals surface area contributed by atoms with Crippen molar-refractivity contribution >= 4 is 23.2 Å². The first-order valence-electron chi connectivity index (χ1n) is 10.1. The van der Waals surface area contributed by atoms with Crippen LogP contribution < -0.4 is 15.5 Å². The van der Waals surface area contributed by atoms with Gasteiger partial charge in [-0.2, -0.15) is 0 Å². The summed E-state index contributed by atoms with van der Waals surface area (Å²) in [6.45, 7) is 15.1. The highest BCUT2D eigenvalue weighted by molar-refractivity contribution is 5.92. The summed E-state index contributed by atoms with van der Waals surface area (Å²) >= 11 is 0. The summed E-state index contributed by atoms with van der Waals surface area (Å²) in [5.74, 6) is 0.822. The molecule has 2 aromatic rings. The highest BCUT2D eigenvalue weighted by atomic mass is 16.1. The summed E-state index contributed by atoms with van der Waals surface area (Å²) in [5, 5.41) is 6.19. The third-order valence-electron chi connectivity index (χ3n) is 4.68. The minimum atomic E-state index is -0.164. The molecule has 152 valence electrons. The van der Waals surface area contributed by atoms with Gasteiger partial charge in [-0.25, -0.2) is 9.97 Å². The predicted molar refractivity (Wildman–Crippen MR) is 117 cm³/mol. The second kappa shape index (κ2) is 10.1. The van der Waals surface area contributed by atoms with E-state index in [-0.39, 0.29) is 5.91 Å². The quantitative estimate of drug-likeness (QED) is 0.669. The van der Waals surface area contributed by atoms with Gasteiger partial charge in [0.1, 0.15) is 5.69 Å². The molecule has 6 nitrogen and oxygen atoms in total. The number of nitrogens with zero attached hydrogens (tertiary/aromatic N) is 3. The van der Waals surface area contributed by atoms with Crippen LogP contribution in [0.1, 0.15) is 55.9 Å². The molecule has 0 saturated carbocycles. The van der Waals surface area contributed by atoms with Crippen molar-refractivity contribution in [1.82, 2.24) is 15.3 Å². The van der Waals surface area contributed by atoms with Crippen LogP contribution in [-0.4, -0.2) is 35.5 Å². The fourth-order valence-electron chi connectivity index (χ4n) is 3.00. The van der Waals surface area contributed by atoms with E-state index in [1.54, 1.807) is 6.07 Å². The van der Waals surface area contributed by atoms with Crippen molar-refractivity contribution in [2.24, 2.45) is 5.92 Å². The van der Waals surface area contributed by atoms with Crippen LogP contribution in [0.5, 0.6) is 0 Å². The zero-order valence-corrected chi connectivity index (χ0v) is 18.0. The monoisotopic (exact) mass is 383 g/mol. The van der Waals surface area contributed by atoms with Crippen LogP contribution in [0.2, 0.25) is 0 Å². The first kappa shape index (κ1) is 21.7. The molecule has 2 N–H and O–H groups in total. The van der Waals surface area contributed by atoms with E-state index >= 15 is 0 Å². The van der Waals surface area contributed by atoms with E-state index < -0.39 is 0 Å². The number of carbonyl (C=O) groups is 1. The summed E-state index contributed by atoms with van der Waals surface area (Å²) in [6.07, 6.45) is 0.943. The van der Waals surface area contributed by atoms with Crippen molar-refractivity contribution in [2.75, 3.05) is 29.9 Å². The number of hydrogen-bond acceptors (Lipinski definition) is 5. The SMILES string of the molecule is CCN(CC)c1ccc(Nc2nc(C)cc(C(=O)NCCC(C)C)n2)c(C)c1. The Hall–Kier alpha value is -2.63. The number of carbonyl (C=O) groups excluding carboxylic acids is 1. The molecule has 1 aromatic heterocycles. The molecular formula is C22H33N5O. The fraction of sp³-hybridized carbons (Fsp3) is 0.500. The Morgan fingerprint density at radius 3 is 2.43 bits per heavy atom. The number of anilines is 3. The van der Waals surface area contributed by atoms with E-state index in [1.165, 1.54) is 5.69 Å². The lowest BCUT2D eigenvalue weighted by atomic mass is 10.1. The lowest BCUT2D eigenvalue weighted by molar-refractivity contribution is 0.0947. The van der Waals surface area contributed by atoms with Crippen molar-refractivity contribution in [3.8, 4) is 0 Å². The van der Waals surface area contributed by atoms with Gasteiger partial charge in [0.15, 0.2) is 0 Å².